The predicted octanol–water partition coefficient (Wildman–Crippen LogP) is 5.19. The summed E-state index contributed by atoms with van der Waals surface area (Å²) in [6.45, 7) is 0. The maximum absolute atomic E-state index is 14.7. The van der Waals surface area contributed by atoms with E-state index in [9.17, 15) is 74.6 Å². The predicted molar refractivity (Wildman–Crippen MR) is 53.2 cm³/mol. The second-order valence-electron chi connectivity index (χ2n) is 6.14. The molecule has 0 aromatic carbocycles. The van der Waals surface area contributed by atoms with E-state index in [4.69, 9.17) is 0 Å². The van der Waals surface area contributed by atoms with Crippen LogP contribution >= 0.6 is 0 Å². The molecule has 0 aromatic rings. The van der Waals surface area contributed by atoms with Gasteiger partial charge in [-0.05, 0) is 0 Å². The summed E-state index contributed by atoms with van der Waals surface area (Å²) in [7, 11) is -0.881. The van der Waals surface area contributed by atoms with Crippen LogP contribution in [0.1, 0.15) is 0 Å². The molecule has 2 aliphatic carbocycles. The summed E-state index contributed by atoms with van der Waals surface area (Å²) >= 11 is 0. The van der Waals surface area contributed by atoms with Crippen LogP contribution in [0.25, 0.3) is 0 Å². The summed E-state index contributed by atoms with van der Waals surface area (Å²) in [5.74, 6) is -64.2. The SMILES string of the molecule is COC1(F)C(F)(F)C(F)(F)C(F)(F)[C@]2(F)C(F)(F)C(F)(F)C(F)(F)C(F)(F)[C@@]12F. The van der Waals surface area contributed by atoms with E-state index in [1.165, 1.54) is 0 Å². The van der Waals surface area contributed by atoms with E-state index < -0.39 is 65.8 Å². The average molecular weight is 474 g/mol. The van der Waals surface area contributed by atoms with Crippen LogP contribution in [0.3, 0.4) is 0 Å². The normalized spacial score (nSPS) is 45.3. The van der Waals surface area contributed by atoms with E-state index in [1.807, 2.05) is 0 Å². The van der Waals surface area contributed by atoms with Gasteiger partial charge in [0, 0.05) is 7.11 Å². The number of halogens is 17. The molecular formula is C11H3F17O. The highest BCUT2D eigenvalue weighted by molar-refractivity contribution is 5.42. The zero-order valence-electron chi connectivity index (χ0n) is 12.8. The number of ether oxygens (including phenoxy) is 1. The van der Waals surface area contributed by atoms with Gasteiger partial charge in [-0.25, -0.2) is 13.2 Å². The number of alkyl halides is 17. The molecule has 0 radical (unpaired) electrons. The number of rotatable bonds is 1. The highest BCUT2D eigenvalue weighted by Gasteiger charge is 3.14. The van der Waals surface area contributed by atoms with Crippen molar-refractivity contribution in [1.82, 2.24) is 0 Å². The fourth-order valence-electron chi connectivity index (χ4n) is 3.20. The van der Waals surface area contributed by atoms with Crippen LogP contribution in [0.4, 0.5) is 74.6 Å². The molecule has 0 heterocycles. The minimum atomic E-state index is -8.39. The smallest absolute Gasteiger partial charge is 0.342 e. The van der Waals surface area contributed by atoms with Crippen LogP contribution in [0, 0.1) is 0 Å². The van der Waals surface area contributed by atoms with Crippen molar-refractivity contribution >= 4 is 0 Å². The van der Waals surface area contributed by atoms with Crippen LogP contribution in [0.5, 0.6) is 0 Å². The highest BCUT2D eigenvalue weighted by atomic mass is 19.4. The molecule has 0 spiro atoms. The molecule has 0 aromatic heterocycles. The quantitative estimate of drug-likeness (QED) is 0.476. The van der Waals surface area contributed by atoms with Gasteiger partial charge in [-0.2, -0.15) is 61.5 Å². The summed E-state index contributed by atoms with van der Waals surface area (Å²) < 4.78 is 236. The number of fused-ring (bicyclic) bond motifs is 1. The van der Waals surface area contributed by atoms with E-state index in [0.717, 1.165) is 0 Å². The van der Waals surface area contributed by atoms with Crippen LogP contribution in [0.2, 0.25) is 0 Å². The fraction of sp³-hybridized carbons (Fsp3) is 1.00. The Morgan fingerprint density at radius 3 is 0.862 bits per heavy atom. The van der Waals surface area contributed by atoms with Gasteiger partial charge >= 0.3 is 47.3 Å². The number of hydrogen-bond acceptors (Lipinski definition) is 1. The van der Waals surface area contributed by atoms with Crippen LogP contribution < -0.4 is 0 Å². The van der Waals surface area contributed by atoms with Crippen molar-refractivity contribution in [3.63, 3.8) is 0 Å². The van der Waals surface area contributed by atoms with E-state index in [2.05, 4.69) is 4.74 Å². The van der Waals surface area contributed by atoms with Crippen molar-refractivity contribution in [1.29, 1.82) is 0 Å². The molecule has 2 fully saturated rings. The van der Waals surface area contributed by atoms with Crippen molar-refractivity contribution in [3.05, 3.63) is 0 Å². The molecule has 0 amide bonds. The van der Waals surface area contributed by atoms with Crippen molar-refractivity contribution in [2.24, 2.45) is 0 Å². The van der Waals surface area contributed by atoms with Crippen LogP contribution in [0.15, 0.2) is 0 Å². The van der Waals surface area contributed by atoms with Crippen molar-refractivity contribution in [3.8, 4) is 0 Å². The molecular weight excluding hydrogens is 471 g/mol. The molecule has 172 valence electrons. The Morgan fingerprint density at radius 1 is 0.345 bits per heavy atom. The van der Waals surface area contributed by atoms with E-state index >= 15 is 0 Å². The summed E-state index contributed by atoms with van der Waals surface area (Å²) in [4.78, 5) is 0. The van der Waals surface area contributed by atoms with Crippen LogP contribution in [-0.4, -0.2) is 65.8 Å². The number of hydrogen-bond donors (Lipinski definition) is 0. The van der Waals surface area contributed by atoms with E-state index in [0.29, 0.717) is 0 Å². The molecule has 18 heteroatoms. The van der Waals surface area contributed by atoms with Crippen molar-refractivity contribution in [2.75, 3.05) is 7.11 Å². The van der Waals surface area contributed by atoms with E-state index in [-0.39, 0.29) is 0 Å². The molecule has 0 aliphatic heterocycles. The largest absolute Gasteiger partial charge is 0.382 e. The first-order chi connectivity index (χ1) is 12.3. The molecule has 2 saturated carbocycles. The molecule has 2 aliphatic rings. The summed E-state index contributed by atoms with van der Waals surface area (Å²) in [5.41, 5.74) is -16.6. The molecule has 2 rings (SSSR count). The zero-order valence-corrected chi connectivity index (χ0v) is 12.8. The minimum absolute atomic E-state index is 0.881. The Balaban J connectivity index is 3.27. The Labute approximate surface area is 146 Å². The van der Waals surface area contributed by atoms with Gasteiger partial charge in [-0.15, -0.1) is 0 Å². The monoisotopic (exact) mass is 474 g/mol. The van der Waals surface area contributed by atoms with Gasteiger partial charge in [0.15, 0.2) is 0 Å². The molecule has 1 nitrogen and oxygen atoms in total. The Bertz CT molecular complexity index is 719. The van der Waals surface area contributed by atoms with Gasteiger partial charge in [-0.3, -0.25) is 0 Å². The maximum atomic E-state index is 14.7. The van der Waals surface area contributed by atoms with E-state index in [1.54, 1.807) is 0 Å². The molecule has 0 N–H and O–H groups in total. The Kier molecular flexibility index (Phi) is 4.13. The second kappa shape index (κ2) is 4.98. The third-order valence-corrected chi connectivity index (χ3v) is 4.87. The minimum Gasteiger partial charge on any atom is -0.342 e. The lowest BCUT2D eigenvalue weighted by atomic mass is 9.54. The Hall–Kier alpha value is -1.23. The molecule has 0 bridgehead atoms. The van der Waals surface area contributed by atoms with Gasteiger partial charge in [0.25, 0.3) is 11.3 Å². The third kappa shape index (κ3) is 1.62. The fourth-order valence-corrected chi connectivity index (χ4v) is 3.20. The van der Waals surface area contributed by atoms with Gasteiger partial charge < -0.3 is 4.74 Å². The average Bonchev–Trinajstić information content (AvgIpc) is 2.55. The first-order valence-electron chi connectivity index (χ1n) is 6.58. The summed E-state index contributed by atoms with van der Waals surface area (Å²) in [6.07, 6.45) is 0. The first-order valence-corrected chi connectivity index (χ1v) is 6.58. The first kappa shape index (κ1) is 24.0. The summed E-state index contributed by atoms with van der Waals surface area (Å²) in [5, 5.41) is 0. The van der Waals surface area contributed by atoms with Gasteiger partial charge in [0.05, 0.1) is 0 Å². The van der Waals surface area contributed by atoms with Gasteiger partial charge in [0.2, 0.25) is 0 Å². The topological polar surface area (TPSA) is 9.23 Å². The van der Waals surface area contributed by atoms with Gasteiger partial charge in [0.1, 0.15) is 0 Å². The summed E-state index contributed by atoms with van der Waals surface area (Å²) in [6, 6.07) is 0. The molecule has 29 heavy (non-hydrogen) atoms. The third-order valence-electron chi connectivity index (χ3n) is 4.87. The lowest BCUT2D eigenvalue weighted by molar-refractivity contribution is -0.569. The van der Waals surface area contributed by atoms with Crippen molar-refractivity contribution in [2.45, 2.75) is 58.7 Å². The standard InChI is InChI=1S/C11H3F17O/c1-29-11(28)3(13)2(12,5(16,17)9(24,25)10(11,26)27)4(14,15)7(20,21)8(22,23)6(3,18)19/h1H3/t2-,3-,11?/m1/s1. The van der Waals surface area contributed by atoms with Gasteiger partial charge in [-0.1, -0.05) is 0 Å². The Morgan fingerprint density at radius 2 is 0.586 bits per heavy atom. The molecule has 0 saturated heterocycles. The molecule has 3 atom stereocenters. The molecule has 1 unspecified atom stereocenters. The second-order valence-corrected chi connectivity index (χ2v) is 6.14. The lowest BCUT2D eigenvalue weighted by Crippen LogP contribution is -2.99. The van der Waals surface area contributed by atoms with Crippen LogP contribution in [-0.2, 0) is 4.74 Å². The zero-order chi connectivity index (χ0) is 23.7. The maximum Gasteiger partial charge on any atom is 0.382 e. The lowest BCUT2D eigenvalue weighted by Gasteiger charge is -2.64. The highest BCUT2D eigenvalue weighted by Crippen LogP contribution is 2.80. The van der Waals surface area contributed by atoms with Crippen molar-refractivity contribution < 1.29 is 79.4 Å². The number of methoxy groups -OCH3 is 1.